The highest BCUT2D eigenvalue weighted by Crippen LogP contribution is 2.28. The van der Waals surface area contributed by atoms with Gasteiger partial charge in [0.2, 0.25) is 5.91 Å². The molecular formula is C20H28N2O5S. The molecule has 1 saturated heterocycles. The molecule has 8 heteroatoms. The number of hydrogen-bond donors (Lipinski definition) is 1. The Kier molecular flexibility index (Phi) is 6.59. The minimum Gasteiger partial charge on any atom is -0.465 e. The zero-order chi connectivity index (χ0) is 20.1. The van der Waals surface area contributed by atoms with Gasteiger partial charge in [0.15, 0.2) is 9.84 Å². The molecule has 1 saturated carbocycles. The number of para-hydroxylation sites is 1. The second-order valence-corrected chi connectivity index (χ2v) is 9.77. The van der Waals surface area contributed by atoms with Gasteiger partial charge in [-0.15, -0.1) is 0 Å². The Morgan fingerprint density at radius 2 is 1.82 bits per heavy atom. The number of hydrogen-bond acceptors (Lipinski definition) is 6. The van der Waals surface area contributed by atoms with E-state index < -0.39 is 15.8 Å². The van der Waals surface area contributed by atoms with Crippen LogP contribution in [0.1, 0.15) is 48.9 Å². The van der Waals surface area contributed by atoms with Crippen molar-refractivity contribution in [1.82, 2.24) is 4.90 Å². The van der Waals surface area contributed by atoms with Gasteiger partial charge in [-0.05, 0) is 31.4 Å². The molecular weight excluding hydrogens is 380 g/mol. The van der Waals surface area contributed by atoms with Crippen LogP contribution in [0, 0.1) is 0 Å². The largest absolute Gasteiger partial charge is 0.465 e. The van der Waals surface area contributed by atoms with Crippen molar-refractivity contribution in [1.29, 1.82) is 0 Å². The molecule has 7 nitrogen and oxygen atoms in total. The lowest BCUT2D eigenvalue weighted by Crippen LogP contribution is -2.50. The number of carbonyl (C=O) groups is 2. The second-order valence-electron chi connectivity index (χ2n) is 7.54. The molecule has 154 valence electrons. The van der Waals surface area contributed by atoms with Crippen LogP contribution in [0.4, 0.5) is 5.69 Å². The van der Waals surface area contributed by atoms with Crippen LogP contribution in [0.5, 0.6) is 0 Å². The van der Waals surface area contributed by atoms with Gasteiger partial charge in [0.05, 0.1) is 30.7 Å². The Hall–Kier alpha value is -2.09. The van der Waals surface area contributed by atoms with Crippen LogP contribution < -0.4 is 5.32 Å². The van der Waals surface area contributed by atoms with E-state index in [0.29, 0.717) is 17.7 Å². The first-order chi connectivity index (χ1) is 13.4. The fourth-order valence-electron chi connectivity index (χ4n) is 4.25. The number of rotatable bonds is 6. The Balaban J connectivity index is 1.74. The van der Waals surface area contributed by atoms with Crippen molar-refractivity contribution in [3.8, 4) is 0 Å². The van der Waals surface area contributed by atoms with Gasteiger partial charge in [-0.25, -0.2) is 13.2 Å². The summed E-state index contributed by atoms with van der Waals surface area (Å²) in [6, 6.07) is 6.72. The van der Waals surface area contributed by atoms with Crippen molar-refractivity contribution in [3.63, 3.8) is 0 Å². The van der Waals surface area contributed by atoms with Crippen molar-refractivity contribution in [3.05, 3.63) is 29.8 Å². The first-order valence-electron chi connectivity index (χ1n) is 9.84. The quantitative estimate of drug-likeness (QED) is 0.726. The summed E-state index contributed by atoms with van der Waals surface area (Å²) >= 11 is 0. The molecule has 1 amide bonds. The monoisotopic (exact) mass is 408 g/mol. The third kappa shape index (κ3) is 4.84. The van der Waals surface area contributed by atoms with E-state index in [4.69, 9.17) is 4.74 Å². The second kappa shape index (κ2) is 8.94. The zero-order valence-electron chi connectivity index (χ0n) is 16.2. The van der Waals surface area contributed by atoms with E-state index in [-0.39, 0.29) is 36.0 Å². The standard InChI is InChI=1S/C20H28N2O5S/c1-27-20(24)17-9-5-6-10-18(17)21-13-19(23)22(15-7-3-2-4-8-15)16-11-12-28(25,26)14-16/h5-6,9-10,15-16,21H,2-4,7-8,11-14H2,1H3/t16-/m0/s1. The predicted molar refractivity (Wildman–Crippen MR) is 107 cm³/mol. The van der Waals surface area contributed by atoms with E-state index in [0.717, 1.165) is 32.1 Å². The van der Waals surface area contributed by atoms with Gasteiger partial charge >= 0.3 is 5.97 Å². The minimum absolute atomic E-state index is 0.0149. The third-order valence-corrected chi connectivity index (χ3v) is 7.37. The fraction of sp³-hybridized carbons (Fsp3) is 0.600. The number of nitrogens with zero attached hydrogens (tertiary/aromatic N) is 1. The van der Waals surface area contributed by atoms with Crippen molar-refractivity contribution >= 4 is 27.4 Å². The number of carbonyl (C=O) groups excluding carboxylic acids is 2. The molecule has 2 fully saturated rings. The first-order valence-corrected chi connectivity index (χ1v) is 11.7. The van der Waals surface area contributed by atoms with Gasteiger partial charge in [-0.2, -0.15) is 0 Å². The first kappa shape index (κ1) is 20.6. The normalized spacial score (nSPS) is 21.8. The molecule has 0 spiro atoms. The Morgan fingerprint density at radius 3 is 2.46 bits per heavy atom. The number of benzene rings is 1. The summed E-state index contributed by atoms with van der Waals surface area (Å²) in [4.78, 5) is 26.9. The van der Waals surface area contributed by atoms with Crippen LogP contribution >= 0.6 is 0 Å². The molecule has 0 bridgehead atoms. The zero-order valence-corrected chi connectivity index (χ0v) is 17.0. The molecule has 1 N–H and O–H groups in total. The van der Waals surface area contributed by atoms with Gasteiger partial charge in [0.25, 0.3) is 0 Å². The lowest BCUT2D eigenvalue weighted by Gasteiger charge is -2.38. The smallest absolute Gasteiger partial charge is 0.339 e. The average molecular weight is 409 g/mol. The summed E-state index contributed by atoms with van der Waals surface area (Å²) in [5.74, 6) is -0.393. The summed E-state index contributed by atoms with van der Waals surface area (Å²) in [5, 5.41) is 3.05. The molecule has 1 heterocycles. The summed E-state index contributed by atoms with van der Waals surface area (Å²) in [6.45, 7) is 0.0149. The Bertz CT molecular complexity index is 818. The molecule has 1 aromatic carbocycles. The van der Waals surface area contributed by atoms with Crippen LogP contribution in [-0.2, 0) is 19.4 Å². The number of sulfone groups is 1. The topological polar surface area (TPSA) is 92.8 Å². The van der Waals surface area contributed by atoms with Crippen molar-refractivity contribution in [2.45, 2.75) is 50.6 Å². The maximum atomic E-state index is 13.1. The summed E-state index contributed by atoms with van der Waals surface area (Å²) < 4.78 is 28.7. The molecule has 0 radical (unpaired) electrons. The van der Waals surface area contributed by atoms with Crippen LogP contribution in [-0.4, -0.2) is 62.4 Å². The molecule has 1 aliphatic heterocycles. The van der Waals surface area contributed by atoms with Gasteiger partial charge in [-0.1, -0.05) is 31.4 Å². The van der Waals surface area contributed by atoms with E-state index in [1.54, 1.807) is 24.3 Å². The maximum Gasteiger partial charge on any atom is 0.339 e. The minimum atomic E-state index is -3.08. The van der Waals surface area contributed by atoms with Gasteiger partial charge < -0.3 is 15.0 Å². The highest BCUT2D eigenvalue weighted by Gasteiger charge is 2.38. The van der Waals surface area contributed by atoms with Gasteiger partial charge in [-0.3, -0.25) is 4.79 Å². The Morgan fingerprint density at radius 1 is 1.11 bits per heavy atom. The van der Waals surface area contributed by atoms with E-state index in [2.05, 4.69) is 5.32 Å². The van der Waals surface area contributed by atoms with Crippen molar-refractivity contribution in [2.24, 2.45) is 0 Å². The van der Waals surface area contributed by atoms with E-state index in [1.165, 1.54) is 7.11 Å². The van der Waals surface area contributed by atoms with E-state index in [1.807, 2.05) is 4.90 Å². The Labute approximate surface area is 166 Å². The van der Waals surface area contributed by atoms with Crippen LogP contribution in [0.3, 0.4) is 0 Å². The predicted octanol–water partition coefficient (Wildman–Crippen LogP) is 2.23. The fourth-order valence-corrected chi connectivity index (χ4v) is 5.96. The molecule has 1 aliphatic carbocycles. The lowest BCUT2D eigenvalue weighted by atomic mass is 9.93. The number of nitrogens with one attached hydrogen (secondary N) is 1. The number of esters is 1. The van der Waals surface area contributed by atoms with Crippen molar-refractivity contribution in [2.75, 3.05) is 30.5 Å². The average Bonchev–Trinajstić information content (AvgIpc) is 3.06. The number of anilines is 1. The highest BCUT2D eigenvalue weighted by molar-refractivity contribution is 7.91. The summed E-state index contributed by atoms with van der Waals surface area (Å²) in [5.41, 5.74) is 0.899. The van der Waals surface area contributed by atoms with E-state index >= 15 is 0 Å². The van der Waals surface area contributed by atoms with E-state index in [9.17, 15) is 18.0 Å². The van der Waals surface area contributed by atoms with Crippen LogP contribution in [0.15, 0.2) is 24.3 Å². The lowest BCUT2D eigenvalue weighted by molar-refractivity contribution is -0.134. The van der Waals surface area contributed by atoms with Gasteiger partial charge in [0, 0.05) is 17.8 Å². The van der Waals surface area contributed by atoms with Crippen LogP contribution in [0.2, 0.25) is 0 Å². The van der Waals surface area contributed by atoms with Crippen LogP contribution in [0.25, 0.3) is 0 Å². The molecule has 2 aliphatic rings. The SMILES string of the molecule is COC(=O)c1ccccc1NCC(=O)N(C1CCCCC1)[C@H]1CCS(=O)(=O)C1. The molecule has 1 aromatic rings. The maximum absolute atomic E-state index is 13.1. The molecule has 3 rings (SSSR count). The highest BCUT2D eigenvalue weighted by atomic mass is 32.2. The summed E-state index contributed by atoms with van der Waals surface area (Å²) in [7, 11) is -1.76. The number of ether oxygens (including phenoxy) is 1. The number of amides is 1. The van der Waals surface area contributed by atoms with Crippen molar-refractivity contribution < 1.29 is 22.7 Å². The number of methoxy groups -OCH3 is 1. The third-order valence-electron chi connectivity index (χ3n) is 5.62. The molecule has 0 unspecified atom stereocenters. The molecule has 1 atom stereocenters. The summed E-state index contributed by atoms with van der Waals surface area (Å²) in [6.07, 6.45) is 5.62. The molecule has 0 aromatic heterocycles. The molecule has 28 heavy (non-hydrogen) atoms. The van der Waals surface area contributed by atoms with Gasteiger partial charge in [0.1, 0.15) is 0 Å².